The first-order chi connectivity index (χ1) is 8.15. The fraction of sp³-hybridized carbons (Fsp3) is 0.462. The van der Waals surface area contributed by atoms with Crippen LogP contribution in [0.5, 0.6) is 5.75 Å². The largest absolute Gasteiger partial charge is 0.493 e. The minimum absolute atomic E-state index is 0.0626. The van der Waals surface area contributed by atoms with Gasteiger partial charge < -0.3 is 15.8 Å². The monoisotopic (exact) mass is 234 g/mol. The summed E-state index contributed by atoms with van der Waals surface area (Å²) in [5.41, 5.74) is 7.51. The molecule has 1 aliphatic carbocycles. The van der Waals surface area contributed by atoms with Gasteiger partial charge in [0.05, 0.1) is 13.0 Å². The van der Waals surface area contributed by atoms with E-state index < -0.39 is 0 Å². The van der Waals surface area contributed by atoms with E-state index in [0.29, 0.717) is 30.5 Å². The van der Waals surface area contributed by atoms with Gasteiger partial charge in [-0.05, 0) is 31.4 Å². The number of benzene rings is 1. The van der Waals surface area contributed by atoms with Crippen molar-refractivity contribution < 1.29 is 9.53 Å². The third-order valence-electron chi connectivity index (χ3n) is 2.79. The molecule has 0 bridgehead atoms. The van der Waals surface area contributed by atoms with Gasteiger partial charge in [-0.2, -0.15) is 0 Å². The number of rotatable bonds is 5. The fourth-order valence-corrected chi connectivity index (χ4v) is 1.50. The number of nitrogens with two attached hydrogens (primary N) is 1. The Hall–Kier alpha value is -1.71. The number of carbonyl (C=O) groups is 1. The first kappa shape index (κ1) is 11.8. The molecule has 1 amide bonds. The van der Waals surface area contributed by atoms with Gasteiger partial charge in [0.15, 0.2) is 0 Å². The van der Waals surface area contributed by atoms with E-state index in [4.69, 9.17) is 10.5 Å². The zero-order valence-electron chi connectivity index (χ0n) is 10.0. The maximum Gasteiger partial charge on any atom is 0.223 e. The summed E-state index contributed by atoms with van der Waals surface area (Å²) in [5.74, 6) is 0.778. The Labute approximate surface area is 101 Å². The van der Waals surface area contributed by atoms with Crippen LogP contribution in [0.15, 0.2) is 18.2 Å². The van der Waals surface area contributed by atoms with E-state index in [1.165, 1.54) is 0 Å². The summed E-state index contributed by atoms with van der Waals surface area (Å²) in [4.78, 5) is 11.4. The van der Waals surface area contributed by atoms with Crippen molar-refractivity contribution in [1.82, 2.24) is 5.32 Å². The minimum atomic E-state index is 0.0626. The molecule has 0 unspecified atom stereocenters. The quantitative estimate of drug-likeness (QED) is 0.761. The van der Waals surface area contributed by atoms with Crippen LogP contribution < -0.4 is 15.8 Å². The van der Waals surface area contributed by atoms with Crippen LogP contribution >= 0.6 is 0 Å². The third kappa shape index (κ3) is 3.66. The molecule has 0 heterocycles. The lowest BCUT2D eigenvalue weighted by Gasteiger charge is -2.08. The molecule has 0 aliphatic heterocycles. The van der Waals surface area contributed by atoms with Crippen molar-refractivity contribution in [2.75, 3.05) is 12.3 Å². The smallest absolute Gasteiger partial charge is 0.223 e. The lowest BCUT2D eigenvalue weighted by Crippen LogP contribution is -2.26. The van der Waals surface area contributed by atoms with E-state index in [1.54, 1.807) is 6.07 Å². The van der Waals surface area contributed by atoms with E-state index in [0.717, 1.165) is 18.4 Å². The van der Waals surface area contributed by atoms with Crippen LogP contribution in [0.4, 0.5) is 5.69 Å². The first-order valence-electron chi connectivity index (χ1n) is 5.93. The molecule has 3 N–H and O–H groups in total. The van der Waals surface area contributed by atoms with Gasteiger partial charge in [-0.1, -0.05) is 6.07 Å². The molecule has 92 valence electrons. The van der Waals surface area contributed by atoms with Crippen molar-refractivity contribution in [3.63, 3.8) is 0 Å². The predicted octanol–water partition coefficient (Wildman–Crippen LogP) is 1.62. The van der Waals surface area contributed by atoms with Crippen molar-refractivity contribution >= 4 is 11.6 Å². The second-order valence-electron chi connectivity index (χ2n) is 4.46. The Morgan fingerprint density at radius 2 is 2.29 bits per heavy atom. The normalized spacial score (nSPS) is 14.4. The van der Waals surface area contributed by atoms with Crippen molar-refractivity contribution in [2.24, 2.45) is 0 Å². The van der Waals surface area contributed by atoms with Crippen LogP contribution in [0.1, 0.15) is 24.8 Å². The Bertz CT molecular complexity index is 414. The number of hydrogen-bond acceptors (Lipinski definition) is 3. The highest BCUT2D eigenvalue weighted by molar-refractivity contribution is 5.76. The molecule has 4 heteroatoms. The number of anilines is 1. The summed E-state index contributed by atoms with van der Waals surface area (Å²) in [7, 11) is 0. The minimum Gasteiger partial charge on any atom is -0.493 e. The maximum absolute atomic E-state index is 11.4. The summed E-state index contributed by atoms with van der Waals surface area (Å²) in [6.07, 6.45) is 2.62. The summed E-state index contributed by atoms with van der Waals surface area (Å²) < 4.78 is 5.47. The molecule has 0 spiro atoms. The number of ether oxygens (including phenoxy) is 1. The Morgan fingerprint density at radius 3 is 2.94 bits per heavy atom. The molecule has 1 aliphatic rings. The average Bonchev–Trinajstić information content (AvgIpc) is 3.07. The Kier molecular flexibility index (Phi) is 3.52. The lowest BCUT2D eigenvalue weighted by molar-refractivity contribution is -0.121. The van der Waals surface area contributed by atoms with Gasteiger partial charge in [0, 0.05) is 17.8 Å². The highest BCUT2D eigenvalue weighted by Crippen LogP contribution is 2.20. The van der Waals surface area contributed by atoms with E-state index in [-0.39, 0.29) is 5.91 Å². The van der Waals surface area contributed by atoms with Gasteiger partial charge in [0.1, 0.15) is 5.75 Å². The lowest BCUT2D eigenvalue weighted by atomic mass is 10.2. The van der Waals surface area contributed by atoms with Crippen LogP contribution in [0.25, 0.3) is 0 Å². The zero-order chi connectivity index (χ0) is 12.3. The topological polar surface area (TPSA) is 64.3 Å². The van der Waals surface area contributed by atoms with Crippen LogP contribution in [0, 0.1) is 6.92 Å². The summed E-state index contributed by atoms with van der Waals surface area (Å²) >= 11 is 0. The number of aryl methyl sites for hydroxylation is 1. The average molecular weight is 234 g/mol. The molecule has 1 saturated carbocycles. The molecular formula is C13H18N2O2. The summed E-state index contributed by atoms with van der Waals surface area (Å²) in [6.45, 7) is 2.34. The number of nitrogens with one attached hydrogen (secondary N) is 1. The molecule has 0 radical (unpaired) electrons. The van der Waals surface area contributed by atoms with Gasteiger partial charge in [-0.25, -0.2) is 0 Å². The molecule has 1 aromatic rings. The number of amides is 1. The highest BCUT2D eigenvalue weighted by Gasteiger charge is 2.22. The van der Waals surface area contributed by atoms with Crippen LogP contribution in [0.3, 0.4) is 0 Å². The number of nitrogen functional groups attached to an aromatic ring is 1. The van der Waals surface area contributed by atoms with Gasteiger partial charge in [-0.15, -0.1) is 0 Å². The van der Waals surface area contributed by atoms with Gasteiger partial charge >= 0.3 is 0 Å². The standard InChI is InChI=1S/C13H18N2O2/c1-9-2-5-11(8-12(9)14)17-7-6-13(16)15-10-3-4-10/h2,5,8,10H,3-4,6-7,14H2,1H3,(H,15,16). The second kappa shape index (κ2) is 5.08. The van der Waals surface area contributed by atoms with Crippen LogP contribution in [-0.4, -0.2) is 18.6 Å². The van der Waals surface area contributed by atoms with Crippen molar-refractivity contribution in [1.29, 1.82) is 0 Å². The molecule has 0 aromatic heterocycles. The van der Waals surface area contributed by atoms with E-state index in [1.807, 2.05) is 19.1 Å². The Morgan fingerprint density at radius 1 is 1.53 bits per heavy atom. The molecule has 4 nitrogen and oxygen atoms in total. The summed E-state index contributed by atoms with van der Waals surface area (Å²) in [5, 5.41) is 2.92. The molecule has 1 fully saturated rings. The zero-order valence-corrected chi connectivity index (χ0v) is 10.0. The van der Waals surface area contributed by atoms with Crippen molar-refractivity contribution in [3.8, 4) is 5.75 Å². The number of carbonyl (C=O) groups excluding carboxylic acids is 1. The predicted molar refractivity (Wildman–Crippen MR) is 66.9 cm³/mol. The van der Waals surface area contributed by atoms with E-state index in [2.05, 4.69) is 5.32 Å². The van der Waals surface area contributed by atoms with Gasteiger partial charge in [0.2, 0.25) is 5.91 Å². The van der Waals surface area contributed by atoms with E-state index >= 15 is 0 Å². The van der Waals surface area contributed by atoms with Crippen molar-refractivity contribution in [3.05, 3.63) is 23.8 Å². The first-order valence-corrected chi connectivity index (χ1v) is 5.93. The summed E-state index contributed by atoms with van der Waals surface area (Å²) in [6, 6.07) is 5.98. The number of hydrogen-bond donors (Lipinski definition) is 2. The molecule has 1 aromatic carbocycles. The molecule has 2 rings (SSSR count). The van der Waals surface area contributed by atoms with Crippen LogP contribution in [-0.2, 0) is 4.79 Å². The Balaban J connectivity index is 1.73. The van der Waals surface area contributed by atoms with Crippen LogP contribution in [0.2, 0.25) is 0 Å². The SMILES string of the molecule is Cc1ccc(OCCC(=O)NC2CC2)cc1N. The molecule has 0 atom stereocenters. The highest BCUT2D eigenvalue weighted by atomic mass is 16.5. The molecule has 0 saturated heterocycles. The molecule has 17 heavy (non-hydrogen) atoms. The van der Waals surface area contributed by atoms with Gasteiger partial charge in [-0.3, -0.25) is 4.79 Å². The van der Waals surface area contributed by atoms with Gasteiger partial charge in [0.25, 0.3) is 0 Å². The second-order valence-corrected chi connectivity index (χ2v) is 4.46. The maximum atomic E-state index is 11.4. The fourth-order valence-electron chi connectivity index (χ4n) is 1.50. The van der Waals surface area contributed by atoms with E-state index in [9.17, 15) is 4.79 Å². The van der Waals surface area contributed by atoms with Crippen molar-refractivity contribution in [2.45, 2.75) is 32.2 Å². The third-order valence-corrected chi connectivity index (χ3v) is 2.79. The molecular weight excluding hydrogens is 216 g/mol.